The van der Waals surface area contributed by atoms with Gasteiger partial charge in [-0.15, -0.1) is 0 Å². The molecule has 0 unspecified atom stereocenters. The van der Waals surface area contributed by atoms with Gasteiger partial charge in [-0.1, -0.05) is 26.0 Å². The average molecular weight is 416 g/mol. The van der Waals surface area contributed by atoms with Gasteiger partial charge in [0.25, 0.3) is 17.5 Å². The summed E-state index contributed by atoms with van der Waals surface area (Å²) in [5.41, 5.74) is 5.90. The van der Waals surface area contributed by atoms with E-state index in [0.29, 0.717) is 11.7 Å². The van der Waals surface area contributed by atoms with Gasteiger partial charge in [0, 0.05) is 17.7 Å². The highest BCUT2D eigenvalue weighted by Crippen LogP contribution is 2.18. The van der Waals surface area contributed by atoms with Crippen LogP contribution in [0, 0.1) is 10.1 Å². The van der Waals surface area contributed by atoms with E-state index in [0.717, 1.165) is 5.56 Å². The van der Waals surface area contributed by atoms with E-state index in [1.54, 1.807) is 12.1 Å². The van der Waals surface area contributed by atoms with Crippen molar-refractivity contribution in [3.8, 4) is 5.75 Å². The quantitative estimate of drug-likeness (QED) is 0.375. The first-order valence-corrected chi connectivity index (χ1v) is 9.04. The lowest BCUT2D eigenvalue weighted by atomic mass is 10.0. The molecule has 0 aliphatic carbocycles. The first-order chi connectivity index (χ1) is 13.8. The number of benzene rings is 2. The first-order valence-electron chi connectivity index (χ1n) is 8.63. The summed E-state index contributed by atoms with van der Waals surface area (Å²) < 4.78 is 5.38. The average Bonchev–Trinajstić information content (AvgIpc) is 2.71. The van der Waals surface area contributed by atoms with Crippen LogP contribution >= 0.6 is 12.2 Å². The van der Waals surface area contributed by atoms with E-state index in [-0.39, 0.29) is 23.0 Å². The molecule has 2 rings (SSSR count). The summed E-state index contributed by atoms with van der Waals surface area (Å²) in [6, 6.07) is 12.4. The van der Waals surface area contributed by atoms with E-state index in [2.05, 4.69) is 30.0 Å². The zero-order chi connectivity index (χ0) is 21.4. The number of carbonyl (C=O) groups excluding carboxylic acids is 2. The Balaban J connectivity index is 1.74. The standard InChI is InChI=1S/C19H20N4O5S/c1-12(2)13-5-9-16(10-6-13)28-11-17(24)21-22-19(29)20-18(25)14-3-7-15(8-4-14)23(26)27/h3-10,12H,11H2,1-2H3,(H,21,24)(H2,20,22,25,29). The number of amides is 2. The number of hydrogen-bond donors (Lipinski definition) is 3. The molecule has 0 bridgehead atoms. The van der Waals surface area contributed by atoms with Crippen molar-refractivity contribution in [3.63, 3.8) is 0 Å². The molecule has 2 aromatic rings. The van der Waals surface area contributed by atoms with E-state index in [9.17, 15) is 19.7 Å². The Labute approximate surface area is 172 Å². The Morgan fingerprint density at radius 3 is 2.24 bits per heavy atom. The molecule has 0 aromatic heterocycles. The Hall–Kier alpha value is -3.53. The molecule has 0 heterocycles. The molecule has 0 spiro atoms. The number of thiocarbonyl (C=S) groups is 1. The number of ether oxygens (including phenoxy) is 1. The van der Waals surface area contributed by atoms with E-state index >= 15 is 0 Å². The summed E-state index contributed by atoms with van der Waals surface area (Å²) in [7, 11) is 0. The molecule has 29 heavy (non-hydrogen) atoms. The van der Waals surface area contributed by atoms with Crippen LogP contribution in [0.2, 0.25) is 0 Å². The summed E-state index contributed by atoms with van der Waals surface area (Å²) in [5.74, 6) is -0.115. The lowest BCUT2D eigenvalue weighted by Crippen LogP contribution is -2.49. The Morgan fingerprint density at radius 2 is 1.69 bits per heavy atom. The van der Waals surface area contributed by atoms with Gasteiger partial charge in [0.05, 0.1) is 4.92 Å². The van der Waals surface area contributed by atoms with Crippen molar-refractivity contribution in [2.75, 3.05) is 6.61 Å². The van der Waals surface area contributed by atoms with Crippen LogP contribution < -0.4 is 20.9 Å². The van der Waals surface area contributed by atoms with Crippen LogP contribution in [-0.4, -0.2) is 28.5 Å². The monoisotopic (exact) mass is 416 g/mol. The fraction of sp³-hybridized carbons (Fsp3) is 0.211. The molecule has 152 valence electrons. The second-order valence-corrected chi connectivity index (χ2v) is 6.68. The van der Waals surface area contributed by atoms with E-state index in [1.165, 1.54) is 24.3 Å². The van der Waals surface area contributed by atoms with Crippen LogP contribution in [0.15, 0.2) is 48.5 Å². The maximum absolute atomic E-state index is 12.0. The second-order valence-electron chi connectivity index (χ2n) is 6.27. The summed E-state index contributed by atoms with van der Waals surface area (Å²) in [4.78, 5) is 33.9. The van der Waals surface area contributed by atoms with Crippen molar-refractivity contribution in [1.29, 1.82) is 0 Å². The predicted molar refractivity (Wildman–Crippen MR) is 110 cm³/mol. The normalized spacial score (nSPS) is 10.2. The van der Waals surface area contributed by atoms with Gasteiger partial charge in [-0.05, 0) is 48.0 Å². The molecular formula is C19H20N4O5S. The number of nitrogens with one attached hydrogen (secondary N) is 3. The number of hydrazine groups is 1. The lowest BCUT2D eigenvalue weighted by molar-refractivity contribution is -0.384. The molecule has 10 heteroatoms. The van der Waals surface area contributed by atoms with Gasteiger partial charge in [-0.2, -0.15) is 0 Å². The largest absolute Gasteiger partial charge is 0.484 e. The van der Waals surface area contributed by atoms with Crippen LogP contribution in [0.25, 0.3) is 0 Å². The summed E-state index contributed by atoms with van der Waals surface area (Å²) in [5, 5.41) is 12.8. The third-order valence-corrected chi connectivity index (χ3v) is 4.00. The van der Waals surface area contributed by atoms with Gasteiger partial charge in [-0.3, -0.25) is 35.9 Å². The minimum absolute atomic E-state index is 0.131. The Bertz CT molecular complexity index is 898. The third-order valence-electron chi connectivity index (χ3n) is 3.80. The van der Waals surface area contributed by atoms with Gasteiger partial charge >= 0.3 is 0 Å². The van der Waals surface area contributed by atoms with E-state index in [1.807, 2.05) is 12.1 Å². The number of nitro benzene ring substituents is 1. The molecule has 9 nitrogen and oxygen atoms in total. The molecule has 0 fully saturated rings. The molecule has 0 aliphatic heterocycles. The van der Waals surface area contributed by atoms with Crippen molar-refractivity contribution in [1.82, 2.24) is 16.2 Å². The molecule has 0 atom stereocenters. The van der Waals surface area contributed by atoms with Gasteiger partial charge in [-0.25, -0.2) is 0 Å². The Kier molecular flexibility index (Phi) is 7.61. The smallest absolute Gasteiger partial charge is 0.276 e. The molecule has 2 aromatic carbocycles. The maximum Gasteiger partial charge on any atom is 0.276 e. The fourth-order valence-electron chi connectivity index (χ4n) is 2.20. The van der Waals surface area contributed by atoms with Gasteiger partial charge in [0.1, 0.15) is 5.75 Å². The predicted octanol–water partition coefficient (Wildman–Crippen LogP) is 2.43. The number of nitrogens with zero attached hydrogens (tertiary/aromatic N) is 1. The zero-order valence-corrected chi connectivity index (χ0v) is 16.6. The minimum Gasteiger partial charge on any atom is -0.484 e. The first kappa shape index (κ1) is 21.8. The number of rotatable bonds is 6. The minimum atomic E-state index is -0.576. The van der Waals surface area contributed by atoms with Crippen LogP contribution in [-0.2, 0) is 4.79 Å². The number of nitro groups is 1. The molecule has 2 amide bonds. The van der Waals surface area contributed by atoms with Gasteiger partial charge in [0.15, 0.2) is 11.7 Å². The van der Waals surface area contributed by atoms with Crippen molar-refractivity contribution in [2.45, 2.75) is 19.8 Å². The van der Waals surface area contributed by atoms with Crippen molar-refractivity contribution < 1.29 is 19.2 Å². The SMILES string of the molecule is CC(C)c1ccc(OCC(=O)NNC(=S)NC(=O)c2ccc([N+](=O)[O-])cc2)cc1. The second kappa shape index (κ2) is 10.1. The molecule has 0 saturated heterocycles. The molecule has 0 radical (unpaired) electrons. The number of non-ortho nitro benzene ring substituents is 1. The number of carbonyl (C=O) groups is 2. The van der Waals surface area contributed by atoms with Crippen molar-refractivity contribution in [3.05, 3.63) is 69.8 Å². The van der Waals surface area contributed by atoms with E-state index in [4.69, 9.17) is 17.0 Å². The highest BCUT2D eigenvalue weighted by atomic mass is 32.1. The molecule has 0 saturated carbocycles. The van der Waals surface area contributed by atoms with Gasteiger partial charge < -0.3 is 4.74 Å². The summed E-state index contributed by atoms with van der Waals surface area (Å²) in [6.45, 7) is 3.92. The maximum atomic E-state index is 12.0. The highest BCUT2D eigenvalue weighted by molar-refractivity contribution is 7.80. The van der Waals surface area contributed by atoms with Crippen LogP contribution in [0.4, 0.5) is 5.69 Å². The van der Waals surface area contributed by atoms with Crippen molar-refractivity contribution >= 4 is 34.8 Å². The highest BCUT2D eigenvalue weighted by Gasteiger charge is 2.11. The van der Waals surface area contributed by atoms with E-state index < -0.39 is 16.7 Å². The summed E-state index contributed by atoms with van der Waals surface area (Å²) >= 11 is 4.93. The molecular weight excluding hydrogens is 396 g/mol. The van der Waals surface area contributed by atoms with Gasteiger partial charge in [0.2, 0.25) is 0 Å². The van der Waals surface area contributed by atoms with Crippen LogP contribution in [0.1, 0.15) is 35.7 Å². The topological polar surface area (TPSA) is 123 Å². The molecule has 3 N–H and O–H groups in total. The van der Waals surface area contributed by atoms with Crippen LogP contribution in [0.3, 0.4) is 0 Å². The summed E-state index contributed by atoms with van der Waals surface area (Å²) in [6.07, 6.45) is 0. The molecule has 0 aliphatic rings. The van der Waals surface area contributed by atoms with Crippen LogP contribution in [0.5, 0.6) is 5.75 Å². The fourth-order valence-corrected chi connectivity index (χ4v) is 2.35. The lowest BCUT2D eigenvalue weighted by Gasteiger charge is -2.12. The third kappa shape index (κ3) is 6.85. The Morgan fingerprint density at radius 1 is 1.07 bits per heavy atom. The van der Waals surface area contributed by atoms with Crippen molar-refractivity contribution in [2.24, 2.45) is 0 Å². The zero-order valence-electron chi connectivity index (χ0n) is 15.8. The number of hydrogen-bond acceptors (Lipinski definition) is 6.